The van der Waals surface area contributed by atoms with Crippen LogP contribution in [-0.4, -0.2) is 39.1 Å². The van der Waals surface area contributed by atoms with Gasteiger partial charge < -0.3 is 9.47 Å². The van der Waals surface area contributed by atoms with Gasteiger partial charge in [0.15, 0.2) is 23.2 Å². The minimum absolute atomic E-state index is 0.261. The van der Waals surface area contributed by atoms with Crippen LogP contribution >= 0.6 is 0 Å². The highest BCUT2D eigenvalue weighted by atomic mass is 19.2. The minimum Gasteiger partial charge on any atom is -0.487 e. The fourth-order valence-corrected chi connectivity index (χ4v) is 3.45. The van der Waals surface area contributed by atoms with E-state index in [0.717, 1.165) is 23.3 Å². The Labute approximate surface area is 207 Å². The van der Waals surface area contributed by atoms with Crippen LogP contribution in [-0.2, 0) is 4.74 Å². The SMILES string of the molecule is COC(C)(C)COc1cnc(-c2cccc(C(C)c3nn(-c4ccc(F)c(F)c4)ccc3=O)c2)nc1. The van der Waals surface area contributed by atoms with E-state index in [1.54, 1.807) is 19.5 Å². The molecule has 0 amide bonds. The molecule has 4 aromatic rings. The predicted octanol–water partition coefficient (Wildman–Crippen LogP) is 4.92. The van der Waals surface area contributed by atoms with E-state index in [1.165, 1.54) is 23.0 Å². The Kier molecular flexibility index (Phi) is 7.21. The zero-order valence-corrected chi connectivity index (χ0v) is 20.4. The quantitative estimate of drug-likeness (QED) is 0.347. The molecule has 0 aliphatic rings. The number of rotatable bonds is 8. The van der Waals surface area contributed by atoms with Gasteiger partial charge in [0.05, 0.1) is 23.7 Å². The number of ether oxygens (including phenoxy) is 2. The van der Waals surface area contributed by atoms with E-state index in [2.05, 4.69) is 15.1 Å². The maximum atomic E-state index is 13.7. The summed E-state index contributed by atoms with van der Waals surface area (Å²) in [5.41, 5.74) is 1.47. The lowest BCUT2D eigenvalue weighted by Gasteiger charge is -2.22. The van der Waals surface area contributed by atoms with Gasteiger partial charge in [-0.2, -0.15) is 5.10 Å². The highest BCUT2D eigenvalue weighted by molar-refractivity contribution is 5.57. The molecular weight excluding hydrogens is 466 g/mol. The molecule has 2 heterocycles. The van der Waals surface area contributed by atoms with Crippen molar-refractivity contribution in [3.63, 3.8) is 0 Å². The molecule has 0 spiro atoms. The molecule has 0 N–H and O–H groups in total. The van der Waals surface area contributed by atoms with E-state index in [1.807, 2.05) is 45.0 Å². The maximum absolute atomic E-state index is 13.7. The maximum Gasteiger partial charge on any atom is 0.203 e. The predicted molar refractivity (Wildman–Crippen MR) is 131 cm³/mol. The number of aromatic nitrogens is 4. The Bertz CT molecular complexity index is 1420. The number of nitrogens with zero attached hydrogens (tertiary/aromatic N) is 4. The van der Waals surface area contributed by atoms with Crippen molar-refractivity contribution in [2.24, 2.45) is 0 Å². The highest BCUT2D eigenvalue weighted by Crippen LogP contribution is 2.25. The number of methoxy groups -OCH3 is 1. The molecule has 9 heteroatoms. The van der Waals surface area contributed by atoms with Crippen molar-refractivity contribution in [1.29, 1.82) is 0 Å². The van der Waals surface area contributed by atoms with Gasteiger partial charge >= 0.3 is 0 Å². The van der Waals surface area contributed by atoms with Crippen LogP contribution in [0, 0.1) is 11.6 Å². The third-order valence-electron chi connectivity index (χ3n) is 5.82. The third-order valence-corrected chi connectivity index (χ3v) is 5.82. The smallest absolute Gasteiger partial charge is 0.203 e. The van der Waals surface area contributed by atoms with Gasteiger partial charge in [0.1, 0.15) is 12.3 Å². The van der Waals surface area contributed by atoms with E-state index < -0.39 is 17.2 Å². The van der Waals surface area contributed by atoms with Crippen LogP contribution in [0.4, 0.5) is 8.78 Å². The average Bonchev–Trinajstić information content (AvgIpc) is 2.89. The summed E-state index contributed by atoms with van der Waals surface area (Å²) in [5, 5.41) is 4.41. The molecule has 7 nitrogen and oxygen atoms in total. The van der Waals surface area contributed by atoms with Gasteiger partial charge in [-0.25, -0.2) is 23.4 Å². The fraction of sp³-hybridized carbons (Fsp3) is 0.259. The average molecular weight is 493 g/mol. The molecule has 2 aromatic carbocycles. The van der Waals surface area contributed by atoms with Crippen LogP contribution in [0.25, 0.3) is 17.1 Å². The molecule has 4 rings (SSSR count). The van der Waals surface area contributed by atoms with E-state index in [9.17, 15) is 13.6 Å². The lowest BCUT2D eigenvalue weighted by molar-refractivity contribution is -0.0148. The molecule has 2 aromatic heterocycles. The second kappa shape index (κ2) is 10.3. The number of hydrogen-bond acceptors (Lipinski definition) is 6. The molecule has 1 unspecified atom stereocenters. The minimum atomic E-state index is -0.992. The first-order chi connectivity index (χ1) is 17.2. The van der Waals surface area contributed by atoms with Crippen molar-refractivity contribution < 1.29 is 18.3 Å². The van der Waals surface area contributed by atoms with Crippen LogP contribution in [0.3, 0.4) is 0 Å². The monoisotopic (exact) mass is 492 g/mol. The van der Waals surface area contributed by atoms with Crippen molar-refractivity contribution in [3.05, 3.63) is 100 Å². The zero-order chi connectivity index (χ0) is 25.9. The van der Waals surface area contributed by atoms with Crippen molar-refractivity contribution in [2.45, 2.75) is 32.3 Å². The molecule has 0 aliphatic heterocycles. The molecule has 0 saturated heterocycles. The van der Waals surface area contributed by atoms with Gasteiger partial charge in [-0.3, -0.25) is 4.79 Å². The van der Waals surface area contributed by atoms with Crippen LogP contribution < -0.4 is 10.2 Å². The summed E-state index contributed by atoms with van der Waals surface area (Å²) in [6.45, 7) is 6.05. The van der Waals surface area contributed by atoms with Crippen LogP contribution in [0.1, 0.15) is 37.9 Å². The van der Waals surface area contributed by atoms with Gasteiger partial charge in [0.2, 0.25) is 5.43 Å². The van der Waals surface area contributed by atoms with Crippen molar-refractivity contribution >= 4 is 0 Å². The van der Waals surface area contributed by atoms with E-state index >= 15 is 0 Å². The number of hydrogen-bond donors (Lipinski definition) is 0. The first-order valence-electron chi connectivity index (χ1n) is 11.3. The summed E-state index contributed by atoms with van der Waals surface area (Å²) < 4.78 is 39.4. The molecular formula is C27H26F2N4O3. The molecule has 0 aliphatic carbocycles. The van der Waals surface area contributed by atoms with Gasteiger partial charge in [-0.05, 0) is 37.6 Å². The summed E-state index contributed by atoms with van der Waals surface area (Å²) in [6.07, 6.45) is 4.62. The van der Waals surface area contributed by atoms with E-state index in [-0.39, 0.29) is 17.0 Å². The van der Waals surface area contributed by atoms with Crippen molar-refractivity contribution in [3.8, 4) is 22.8 Å². The largest absolute Gasteiger partial charge is 0.487 e. The van der Waals surface area contributed by atoms with Crippen LogP contribution in [0.5, 0.6) is 5.75 Å². The Morgan fingerprint density at radius 2 is 1.78 bits per heavy atom. The van der Waals surface area contributed by atoms with Crippen LogP contribution in [0.2, 0.25) is 0 Å². The fourth-order valence-electron chi connectivity index (χ4n) is 3.45. The Balaban J connectivity index is 1.58. The van der Waals surface area contributed by atoms with Gasteiger partial charge in [-0.15, -0.1) is 0 Å². The first-order valence-corrected chi connectivity index (χ1v) is 11.3. The highest BCUT2D eigenvalue weighted by Gasteiger charge is 2.18. The normalized spacial score (nSPS) is 12.4. The number of halogens is 2. The number of benzene rings is 2. The molecule has 1 atom stereocenters. The lowest BCUT2D eigenvalue weighted by atomic mass is 9.95. The molecule has 0 saturated carbocycles. The second-order valence-electron chi connectivity index (χ2n) is 8.95. The summed E-state index contributed by atoms with van der Waals surface area (Å²) >= 11 is 0. The summed E-state index contributed by atoms with van der Waals surface area (Å²) in [6, 6.07) is 12.3. The van der Waals surface area contributed by atoms with Crippen molar-refractivity contribution in [1.82, 2.24) is 19.7 Å². The first kappa shape index (κ1) is 25.1. The molecule has 0 bridgehead atoms. The van der Waals surface area contributed by atoms with Gasteiger partial charge in [0, 0.05) is 36.9 Å². The molecule has 36 heavy (non-hydrogen) atoms. The molecule has 0 radical (unpaired) electrons. The Morgan fingerprint density at radius 3 is 2.47 bits per heavy atom. The third kappa shape index (κ3) is 5.63. The lowest BCUT2D eigenvalue weighted by Crippen LogP contribution is -2.30. The summed E-state index contributed by atoms with van der Waals surface area (Å²) in [4.78, 5) is 21.4. The molecule has 186 valence electrons. The van der Waals surface area contributed by atoms with Crippen molar-refractivity contribution in [2.75, 3.05) is 13.7 Å². The second-order valence-corrected chi connectivity index (χ2v) is 8.95. The van der Waals surface area contributed by atoms with Gasteiger partial charge in [-0.1, -0.05) is 25.1 Å². The standard InChI is InChI=1S/C27H26F2N4O3/c1-17(25-24(34)10-11-33(32-25)20-8-9-22(28)23(29)13-20)18-6-5-7-19(12-18)26-30-14-21(15-31-26)36-16-27(2,3)35-4/h5-15,17H,16H2,1-4H3. The molecule has 0 fully saturated rings. The topological polar surface area (TPSA) is 79.1 Å². The Hall–Kier alpha value is -3.98. The van der Waals surface area contributed by atoms with Crippen LogP contribution in [0.15, 0.2) is 71.9 Å². The summed E-state index contributed by atoms with van der Waals surface area (Å²) in [5.74, 6) is -1.30. The van der Waals surface area contributed by atoms with E-state index in [0.29, 0.717) is 23.9 Å². The van der Waals surface area contributed by atoms with E-state index in [4.69, 9.17) is 9.47 Å². The summed E-state index contributed by atoms with van der Waals surface area (Å²) in [7, 11) is 1.62. The van der Waals surface area contributed by atoms with Gasteiger partial charge in [0.25, 0.3) is 0 Å². The Morgan fingerprint density at radius 1 is 1.03 bits per heavy atom. The zero-order valence-electron chi connectivity index (χ0n) is 20.4.